The van der Waals surface area contributed by atoms with Crippen LogP contribution in [0, 0.1) is 11.7 Å². The minimum Gasteiger partial charge on any atom is -0.338 e. The van der Waals surface area contributed by atoms with Crippen LogP contribution in [0.3, 0.4) is 0 Å². The second kappa shape index (κ2) is 4.53. The fourth-order valence-electron chi connectivity index (χ4n) is 2.00. The van der Waals surface area contributed by atoms with E-state index in [1.165, 1.54) is 6.07 Å². The molecule has 2 rings (SSSR count). The van der Waals surface area contributed by atoms with Crippen molar-refractivity contribution in [3.8, 4) is 0 Å². The van der Waals surface area contributed by atoms with Crippen molar-refractivity contribution in [2.75, 3.05) is 6.54 Å². The van der Waals surface area contributed by atoms with Crippen molar-refractivity contribution in [2.24, 2.45) is 5.92 Å². The van der Waals surface area contributed by atoms with E-state index >= 15 is 0 Å². The smallest absolute Gasteiger partial charge is 0.223 e. The number of carbonyl (C=O) groups excluding carboxylic acids is 1. The molecule has 86 valence electrons. The molecule has 1 aromatic carbocycles. The van der Waals surface area contributed by atoms with Crippen LogP contribution in [-0.2, 0) is 11.3 Å². The van der Waals surface area contributed by atoms with Crippen LogP contribution < -0.4 is 0 Å². The lowest BCUT2D eigenvalue weighted by Crippen LogP contribution is -2.24. The lowest BCUT2D eigenvalue weighted by molar-refractivity contribution is -0.128. The molecule has 1 atom stereocenters. The fourth-order valence-corrected chi connectivity index (χ4v) is 2.39. The predicted molar refractivity (Wildman–Crippen MR) is 63.3 cm³/mol. The molecule has 1 aliphatic rings. The zero-order chi connectivity index (χ0) is 11.7. The van der Waals surface area contributed by atoms with Gasteiger partial charge in [-0.15, -0.1) is 0 Å². The second-order valence-electron chi connectivity index (χ2n) is 4.30. The summed E-state index contributed by atoms with van der Waals surface area (Å²) in [5.74, 6) is 0.278. The summed E-state index contributed by atoms with van der Waals surface area (Å²) >= 11 is 3.21. The minimum absolute atomic E-state index is 0.156. The fraction of sp³-hybridized carbons (Fsp3) is 0.417. The average Bonchev–Trinajstić information content (AvgIpc) is 2.53. The summed E-state index contributed by atoms with van der Waals surface area (Å²) < 4.78 is 13.7. The largest absolute Gasteiger partial charge is 0.338 e. The summed E-state index contributed by atoms with van der Waals surface area (Å²) in [5, 5.41) is 0. The predicted octanol–water partition coefficient (Wildman–Crippen LogP) is 2.96. The molecule has 2 nitrogen and oxygen atoms in total. The Balaban J connectivity index is 2.15. The first-order chi connectivity index (χ1) is 7.58. The molecule has 1 unspecified atom stereocenters. The van der Waals surface area contributed by atoms with Gasteiger partial charge in [0.15, 0.2) is 0 Å². The first kappa shape index (κ1) is 11.6. The van der Waals surface area contributed by atoms with E-state index < -0.39 is 0 Å². The monoisotopic (exact) mass is 285 g/mol. The van der Waals surface area contributed by atoms with Crippen LogP contribution in [0.25, 0.3) is 0 Å². The standard InChI is InChI=1S/C12H13BrFNO/c1-8-5-11(16)15(6-8)7-9-3-2-4-10(14)12(9)13/h2-4,8H,5-7H2,1H3. The third-order valence-corrected chi connectivity index (χ3v) is 3.69. The van der Waals surface area contributed by atoms with Crippen molar-refractivity contribution in [1.82, 2.24) is 4.90 Å². The summed E-state index contributed by atoms with van der Waals surface area (Å²) in [5.41, 5.74) is 0.822. The molecular weight excluding hydrogens is 273 g/mol. The van der Waals surface area contributed by atoms with Crippen molar-refractivity contribution in [1.29, 1.82) is 0 Å². The molecule has 0 saturated carbocycles. The molecule has 1 heterocycles. The van der Waals surface area contributed by atoms with Crippen molar-refractivity contribution < 1.29 is 9.18 Å². The maximum absolute atomic E-state index is 13.3. The summed E-state index contributed by atoms with van der Waals surface area (Å²) in [6.07, 6.45) is 0.604. The number of nitrogens with zero attached hydrogens (tertiary/aromatic N) is 1. The molecule has 1 saturated heterocycles. The highest BCUT2D eigenvalue weighted by atomic mass is 79.9. The minimum atomic E-state index is -0.280. The molecule has 0 spiro atoms. The Morgan fingerprint density at radius 1 is 1.56 bits per heavy atom. The summed E-state index contributed by atoms with van der Waals surface area (Å²) in [4.78, 5) is 13.4. The zero-order valence-corrected chi connectivity index (χ0v) is 10.6. The number of halogens is 2. The number of carbonyl (C=O) groups is 1. The van der Waals surface area contributed by atoms with E-state index in [1.807, 2.05) is 6.07 Å². The van der Waals surface area contributed by atoms with Crippen LogP contribution in [0.5, 0.6) is 0 Å². The maximum Gasteiger partial charge on any atom is 0.223 e. The highest BCUT2D eigenvalue weighted by molar-refractivity contribution is 9.10. The van der Waals surface area contributed by atoms with Crippen LogP contribution in [-0.4, -0.2) is 17.4 Å². The van der Waals surface area contributed by atoms with Gasteiger partial charge in [0.05, 0.1) is 4.47 Å². The molecular formula is C12H13BrFNO. The molecule has 1 aliphatic heterocycles. The van der Waals surface area contributed by atoms with Gasteiger partial charge in [0.1, 0.15) is 5.82 Å². The highest BCUT2D eigenvalue weighted by Gasteiger charge is 2.26. The molecule has 1 amide bonds. The molecule has 0 aliphatic carbocycles. The SMILES string of the molecule is CC1CC(=O)N(Cc2cccc(F)c2Br)C1. The number of benzene rings is 1. The number of amides is 1. The van der Waals surface area contributed by atoms with Crippen LogP contribution in [0.2, 0.25) is 0 Å². The Bertz CT molecular complexity index is 421. The number of rotatable bonds is 2. The van der Waals surface area contributed by atoms with Crippen LogP contribution in [0.1, 0.15) is 18.9 Å². The number of likely N-dealkylation sites (tertiary alicyclic amines) is 1. The Kier molecular flexibility index (Phi) is 3.28. The molecule has 0 bridgehead atoms. The first-order valence-corrected chi connectivity index (χ1v) is 6.08. The molecule has 0 radical (unpaired) electrons. The topological polar surface area (TPSA) is 20.3 Å². The Labute approximate surface area is 103 Å². The van der Waals surface area contributed by atoms with Crippen molar-refractivity contribution in [3.05, 3.63) is 34.1 Å². The van der Waals surface area contributed by atoms with Crippen molar-refractivity contribution in [3.63, 3.8) is 0 Å². The van der Waals surface area contributed by atoms with Gasteiger partial charge in [-0.05, 0) is 33.5 Å². The van der Waals surface area contributed by atoms with Gasteiger partial charge in [-0.1, -0.05) is 19.1 Å². The lowest BCUT2D eigenvalue weighted by atomic mass is 10.2. The van der Waals surface area contributed by atoms with Gasteiger partial charge in [-0.3, -0.25) is 4.79 Å². The van der Waals surface area contributed by atoms with Gasteiger partial charge in [0, 0.05) is 19.5 Å². The summed E-state index contributed by atoms with van der Waals surface area (Å²) in [7, 11) is 0. The van der Waals surface area contributed by atoms with Gasteiger partial charge < -0.3 is 4.90 Å². The quantitative estimate of drug-likeness (QED) is 0.818. The van der Waals surface area contributed by atoms with E-state index in [0.29, 0.717) is 23.4 Å². The van der Waals surface area contributed by atoms with Gasteiger partial charge in [-0.2, -0.15) is 0 Å². The van der Waals surface area contributed by atoms with Gasteiger partial charge in [0.25, 0.3) is 0 Å². The lowest BCUT2D eigenvalue weighted by Gasteiger charge is -2.17. The maximum atomic E-state index is 13.3. The number of hydrogen-bond acceptors (Lipinski definition) is 1. The van der Waals surface area contributed by atoms with E-state index in [9.17, 15) is 9.18 Å². The van der Waals surface area contributed by atoms with Crippen molar-refractivity contribution in [2.45, 2.75) is 19.9 Å². The van der Waals surface area contributed by atoms with Crippen LogP contribution in [0.4, 0.5) is 4.39 Å². The normalized spacial score (nSPS) is 20.6. The molecule has 0 aromatic heterocycles. The van der Waals surface area contributed by atoms with E-state index in [-0.39, 0.29) is 11.7 Å². The van der Waals surface area contributed by atoms with Gasteiger partial charge in [0.2, 0.25) is 5.91 Å². The van der Waals surface area contributed by atoms with E-state index in [0.717, 1.165) is 12.1 Å². The Morgan fingerprint density at radius 3 is 2.94 bits per heavy atom. The molecule has 1 fully saturated rings. The Morgan fingerprint density at radius 2 is 2.31 bits per heavy atom. The first-order valence-electron chi connectivity index (χ1n) is 5.28. The average molecular weight is 286 g/mol. The molecule has 0 N–H and O–H groups in total. The molecule has 16 heavy (non-hydrogen) atoms. The Hall–Kier alpha value is -0.900. The van der Waals surface area contributed by atoms with E-state index in [4.69, 9.17) is 0 Å². The van der Waals surface area contributed by atoms with Crippen molar-refractivity contribution >= 4 is 21.8 Å². The molecule has 4 heteroatoms. The highest BCUT2D eigenvalue weighted by Crippen LogP contribution is 2.25. The third-order valence-electron chi connectivity index (χ3n) is 2.80. The summed E-state index contributed by atoms with van der Waals surface area (Å²) in [6, 6.07) is 4.91. The number of hydrogen-bond donors (Lipinski definition) is 0. The van der Waals surface area contributed by atoms with E-state index in [1.54, 1.807) is 11.0 Å². The van der Waals surface area contributed by atoms with Gasteiger partial charge >= 0.3 is 0 Å². The third kappa shape index (κ3) is 2.26. The van der Waals surface area contributed by atoms with Crippen LogP contribution in [0.15, 0.2) is 22.7 Å². The zero-order valence-electron chi connectivity index (χ0n) is 9.04. The molecule has 1 aromatic rings. The van der Waals surface area contributed by atoms with Crippen LogP contribution >= 0.6 is 15.9 Å². The summed E-state index contributed by atoms with van der Waals surface area (Å²) in [6.45, 7) is 3.31. The van der Waals surface area contributed by atoms with E-state index in [2.05, 4.69) is 22.9 Å². The second-order valence-corrected chi connectivity index (χ2v) is 5.09. The van der Waals surface area contributed by atoms with Gasteiger partial charge in [-0.25, -0.2) is 4.39 Å².